The number of benzene rings is 1. The number of nitrogens with zero attached hydrogens (tertiary/aromatic N) is 2. The maximum atomic E-state index is 12.1. The summed E-state index contributed by atoms with van der Waals surface area (Å²) >= 11 is 0. The molecule has 5 nitrogen and oxygen atoms in total. The van der Waals surface area contributed by atoms with Crippen LogP contribution < -0.4 is 11.5 Å². The van der Waals surface area contributed by atoms with E-state index in [2.05, 4.69) is 17.1 Å². The molecule has 5 heteroatoms. The fraction of sp³-hybridized carbons (Fsp3) is 0.429. The molecule has 0 radical (unpaired) electrons. The normalized spacial score (nSPS) is 13.8. The van der Waals surface area contributed by atoms with Crippen molar-refractivity contribution in [1.29, 1.82) is 0 Å². The third-order valence-corrected chi connectivity index (χ3v) is 3.33. The Morgan fingerprint density at radius 1 is 1.26 bits per heavy atom. The zero-order valence-corrected chi connectivity index (χ0v) is 11.0. The van der Waals surface area contributed by atoms with Crippen LogP contribution in [-0.2, 0) is 17.8 Å². The lowest BCUT2D eigenvalue weighted by molar-refractivity contribution is -0.132. The molecule has 1 heterocycles. The third-order valence-electron chi connectivity index (χ3n) is 3.33. The molecule has 4 N–H and O–H groups in total. The number of amides is 1. The van der Waals surface area contributed by atoms with Crippen LogP contribution in [0, 0.1) is 0 Å². The first kappa shape index (κ1) is 13.4. The summed E-state index contributed by atoms with van der Waals surface area (Å²) in [6.07, 6.45) is 2.13. The van der Waals surface area contributed by atoms with Crippen molar-refractivity contribution >= 4 is 11.9 Å². The smallest absolute Gasteiger partial charge is 0.222 e. The second-order valence-electron chi connectivity index (χ2n) is 4.74. The van der Waals surface area contributed by atoms with Gasteiger partial charge in [0.25, 0.3) is 0 Å². The molecule has 19 heavy (non-hydrogen) atoms. The van der Waals surface area contributed by atoms with Crippen LogP contribution in [0.5, 0.6) is 0 Å². The number of carbonyl (C=O) groups excluding carboxylic acids is 1. The first-order valence-corrected chi connectivity index (χ1v) is 6.57. The predicted octanol–water partition coefficient (Wildman–Crippen LogP) is 0.625. The fourth-order valence-corrected chi connectivity index (χ4v) is 2.31. The van der Waals surface area contributed by atoms with Gasteiger partial charge in [0.2, 0.25) is 5.91 Å². The molecule has 2 rings (SSSR count). The Kier molecular flexibility index (Phi) is 4.39. The number of hydrogen-bond acceptors (Lipinski definition) is 2. The van der Waals surface area contributed by atoms with E-state index in [1.54, 1.807) is 0 Å². The molecule has 0 bridgehead atoms. The molecule has 1 aliphatic rings. The maximum absolute atomic E-state index is 12.1. The second-order valence-corrected chi connectivity index (χ2v) is 4.74. The highest BCUT2D eigenvalue weighted by molar-refractivity contribution is 5.77. The lowest BCUT2D eigenvalue weighted by Gasteiger charge is -2.28. The monoisotopic (exact) mass is 260 g/mol. The first-order valence-electron chi connectivity index (χ1n) is 6.57. The molecular formula is C14H20N4O. The molecule has 0 atom stereocenters. The highest BCUT2D eigenvalue weighted by atomic mass is 16.2. The van der Waals surface area contributed by atoms with Gasteiger partial charge in [-0.25, -0.2) is 0 Å². The van der Waals surface area contributed by atoms with Crippen LogP contribution in [0.3, 0.4) is 0 Å². The van der Waals surface area contributed by atoms with Crippen molar-refractivity contribution in [2.24, 2.45) is 16.5 Å². The first-order chi connectivity index (χ1) is 9.16. The Bertz CT molecular complexity index is 480. The van der Waals surface area contributed by atoms with Crippen molar-refractivity contribution in [2.75, 3.05) is 13.1 Å². The summed E-state index contributed by atoms with van der Waals surface area (Å²) in [5.41, 5.74) is 13.1. The van der Waals surface area contributed by atoms with Crippen molar-refractivity contribution in [3.05, 3.63) is 35.4 Å². The van der Waals surface area contributed by atoms with E-state index in [0.717, 1.165) is 19.5 Å². The van der Waals surface area contributed by atoms with Crippen LogP contribution in [0.15, 0.2) is 29.3 Å². The van der Waals surface area contributed by atoms with E-state index in [9.17, 15) is 4.79 Å². The van der Waals surface area contributed by atoms with Crippen LogP contribution in [0.4, 0.5) is 0 Å². The van der Waals surface area contributed by atoms with E-state index in [-0.39, 0.29) is 11.9 Å². The molecule has 102 valence electrons. The lowest BCUT2D eigenvalue weighted by atomic mass is 9.99. The Hall–Kier alpha value is -2.04. The summed E-state index contributed by atoms with van der Waals surface area (Å²) in [5, 5.41) is 0. The summed E-state index contributed by atoms with van der Waals surface area (Å²) < 4.78 is 0. The van der Waals surface area contributed by atoms with Crippen LogP contribution in [0.2, 0.25) is 0 Å². The molecule has 1 aliphatic heterocycles. The molecule has 0 saturated heterocycles. The largest absolute Gasteiger partial charge is 0.370 e. The number of nitrogens with two attached hydrogens (primary N) is 2. The Morgan fingerprint density at radius 2 is 2.00 bits per heavy atom. The summed E-state index contributed by atoms with van der Waals surface area (Å²) in [5.74, 6) is 0.264. The van der Waals surface area contributed by atoms with Gasteiger partial charge in [-0.05, 0) is 24.0 Å². The van der Waals surface area contributed by atoms with Gasteiger partial charge in [0.05, 0.1) is 0 Å². The molecule has 1 aromatic rings. The summed E-state index contributed by atoms with van der Waals surface area (Å²) in [6, 6.07) is 8.29. The van der Waals surface area contributed by atoms with Gasteiger partial charge in [-0.15, -0.1) is 0 Å². The van der Waals surface area contributed by atoms with E-state index < -0.39 is 0 Å². The van der Waals surface area contributed by atoms with Crippen molar-refractivity contribution in [3.63, 3.8) is 0 Å². The topological polar surface area (TPSA) is 84.7 Å². The summed E-state index contributed by atoms with van der Waals surface area (Å²) in [6.45, 7) is 2.04. The van der Waals surface area contributed by atoms with Gasteiger partial charge in [-0.3, -0.25) is 9.79 Å². The number of aliphatic imine (C=N–C) groups is 1. The van der Waals surface area contributed by atoms with Gasteiger partial charge in [-0.1, -0.05) is 24.3 Å². The Labute approximate surface area is 113 Å². The van der Waals surface area contributed by atoms with Crippen molar-refractivity contribution in [2.45, 2.75) is 25.8 Å². The molecule has 0 aliphatic carbocycles. The van der Waals surface area contributed by atoms with E-state index in [1.165, 1.54) is 11.1 Å². The lowest BCUT2D eigenvalue weighted by Crippen LogP contribution is -2.35. The SMILES string of the molecule is NC(N)=NCCCC(=O)N1CCc2ccccc2C1. The van der Waals surface area contributed by atoms with E-state index in [1.807, 2.05) is 17.0 Å². The molecule has 0 spiro atoms. The van der Waals surface area contributed by atoms with Gasteiger partial charge >= 0.3 is 0 Å². The van der Waals surface area contributed by atoms with E-state index in [0.29, 0.717) is 19.4 Å². The number of hydrogen-bond donors (Lipinski definition) is 2. The minimum atomic E-state index is 0.0827. The van der Waals surface area contributed by atoms with Crippen LogP contribution in [0.25, 0.3) is 0 Å². The van der Waals surface area contributed by atoms with Gasteiger partial charge in [0.15, 0.2) is 5.96 Å². The predicted molar refractivity (Wildman–Crippen MR) is 75.5 cm³/mol. The second kappa shape index (κ2) is 6.22. The zero-order valence-electron chi connectivity index (χ0n) is 11.0. The molecule has 1 aromatic carbocycles. The third kappa shape index (κ3) is 3.71. The van der Waals surface area contributed by atoms with Crippen LogP contribution in [0.1, 0.15) is 24.0 Å². The maximum Gasteiger partial charge on any atom is 0.222 e. The zero-order chi connectivity index (χ0) is 13.7. The van der Waals surface area contributed by atoms with Gasteiger partial charge in [0.1, 0.15) is 0 Å². The van der Waals surface area contributed by atoms with Crippen LogP contribution in [-0.4, -0.2) is 29.9 Å². The number of fused-ring (bicyclic) bond motifs is 1. The Balaban J connectivity index is 1.84. The van der Waals surface area contributed by atoms with E-state index in [4.69, 9.17) is 11.5 Å². The molecule has 0 saturated carbocycles. The van der Waals surface area contributed by atoms with Gasteiger partial charge in [-0.2, -0.15) is 0 Å². The minimum Gasteiger partial charge on any atom is -0.370 e. The number of rotatable bonds is 4. The Morgan fingerprint density at radius 3 is 2.74 bits per heavy atom. The average Bonchev–Trinajstić information content (AvgIpc) is 2.42. The highest BCUT2D eigenvalue weighted by Gasteiger charge is 2.19. The highest BCUT2D eigenvalue weighted by Crippen LogP contribution is 2.19. The van der Waals surface area contributed by atoms with E-state index >= 15 is 0 Å². The van der Waals surface area contributed by atoms with Crippen molar-refractivity contribution in [3.8, 4) is 0 Å². The standard InChI is InChI=1S/C14H20N4O/c15-14(16)17-8-3-6-13(19)18-9-7-11-4-1-2-5-12(11)10-18/h1-2,4-5H,3,6-10H2,(H4,15,16,17). The van der Waals surface area contributed by atoms with Gasteiger partial charge < -0.3 is 16.4 Å². The molecule has 0 unspecified atom stereocenters. The van der Waals surface area contributed by atoms with Crippen molar-refractivity contribution in [1.82, 2.24) is 4.90 Å². The van der Waals surface area contributed by atoms with Crippen molar-refractivity contribution < 1.29 is 4.79 Å². The van der Waals surface area contributed by atoms with Crippen LogP contribution >= 0.6 is 0 Å². The summed E-state index contributed by atoms with van der Waals surface area (Å²) in [7, 11) is 0. The summed E-state index contributed by atoms with van der Waals surface area (Å²) in [4.78, 5) is 17.9. The molecule has 0 aromatic heterocycles. The quantitative estimate of drug-likeness (QED) is 0.473. The molecule has 1 amide bonds. The fourth-order valence-electron chi connectivity index (χ4n) is 2.31. The molecular weight excluding hydrogens is 240 g/mol. The average molecular weight is 260 g/mol. The minimum absolute atomic E-state index is 0.0827. The number of carbonyl (C=O) groups is 1. The number of guanidine groups is 1. The molecule has 0 fully saturated rings. The van der Waals surface area contributed by atoms with Gasteiger partial charge in [0, 0.05) is 26.1 Å².